The Morgan fingerprint density at radius 1 is 1.30 bits per heavy atom. The summed E-state index contributed by atoms with van der Waals surface area (Å²) in [5, 5.41) is 4.62. The van der Waals surface area contributed by atoms with Crippen molar-refractivity contribution in [2.75, 3.05) is 20.6 Å². The summed E-state index contributed by atoms with van der Waals surface area (Å²) in [6.45, 7) is 7.77. The average molecular weight is 317 g/mol. The second-order valence-corrected chi connectivity index (χ2v) is 6.65. The van der Waals surface area contributed by atoms with E-state index in [1.807, 2.05) is 25.2 Å². The first-order chi connectivity index (χ1) is 9.33. The van der Waals surface area contributed by atoms with Gasteiger partial charge in [0.15, 0.2) is 0 Å². The molecule has 0 bridgehead atoms. The van der Waals surface area contributed by atoms with Gasteiger partial charge in [0.05, 0.1) is 10.0 Å². The number of benzene rings is 1. The molecule has 20 heavy (non-hydrogen) atoms. The van der Waals surface area contributed by atoms with Gasteiger partial charge in [-0.1, -0.05) is 42.3 Å². The summed E-state index contributed by atoms with van der Waals surface area (Å²) >= 11 is 12.4. The maximum absolute atomic E-state index is 6.31. The zero-order valence-electron chi connectivity index (χ0n) is 13.1. The van der Waals surface area contributed by atoms with Gasteiger partial charge in [0.1, 0.15) is 0 Å². The van der Waals surface area contributed by atoms with E-state index in [-0.39, 0.29) is 11.6 Å². The number of nitrogens with zero attached hydrogens (tertiary/aromatic N) is 1. The summed E-state index contributed by atoms with van der Waals surface area (Å²) < 4.78 is 0. The lowest BCUT2D eigenvalue weighted by molar-refractivity contribution is 0.144. The Balaban J connectivity index is 2.76. The van der Waals surface area contributed by atoms with Crippen molar-refractivity contribution in [3.8, 4) is 0 Å². The van der Waals surface area contributed by atoms with Crippen LogP contribution < -0.4 is 5.32 Å². The molecule has 0 aromatic heterocycles. The Kier molecular flexibility index (Phi) is 6.80. The molecular weight excluding hydrogens is 291 g/mol. The Morgan fingerprint density at radius 3 is 2.50 bits per heavy atom. The fourth-order valence-corrected chi connectivity index (χ4v) is 2.58. The summed E-state index contributed by atoms with van der Waals surface area (Å²) in [6, 6.07) is 6.04. The zero-order chi connectivity index (χ0) is 15.3. The minimum absolute atomic E-state index is 0.219. The van der Waals surface area contributed by atoms with Gasteiger partial charge in [-0.3, -0.25) is 0 Å². The van der Waals surface area contributed by atoms with Crippen LogP contribution in [-0.4, -0.2) is 31.1 Å². The second-order valence-electron chi connectivity index (χ2n) is 5.86. The van der Waals surface area contributed by atoms with Crippen molar-refractivity contribution in [1.82, 2.24) is 10.2 Å². The van der Waals surface area contributed by atoms with Gasteiger partial charge in [0, 0.05) is 18.1 Å². The largest absolute Gasteiger partial charge is 0.313 e. The van der Waals surface area contributed by atoms with Gasteiger partial charge < -0.3 is 10.2 Å². The molecule has 1 aromatic rings. The third-order valence-electron chi connectivity index (χ3n) is 4.36. The zero-order valence-corrected chi connectivity index (χ0v) is 14.6. The number of halogens is 2. The van der Waals surface area contributed by atoms with Crippen LogP contribution in [0.5, 0.6) is 0 Å². The van der Waals surface area contributed by atoms with Gasteiger partial charge in [-0.25, -0.2) is 0 Å². The summed E-state index contributed by atoms with van der Waals surface area (Å²) in [7, 11) is 4.14. The number of hydrogen-bond donors (Lipinski definition) is 1. The highest BCUT2D eigenvalue weighted by Gasteiger charge is 2.22. The van der Waals surface area contributed by atoms with Gasteiger partial charge in [0.2, 0.25) is 0 Å². The topological polar surface area (TPSA) is 15.3 Å². The monoisotopic (exact) mass is 316 g/mol. The Hall–Kier alpha value is -0.280. The van der Waals surface area contributed by atoms with Crippen LogP contribution in [0.15, 0.2) is 18.2 Å². The molecule has 0 fully saturated rings. The van der Waals surface area contributed by atoms with Crippen molar-refractivity contribution in [3.05, 3.63) is 33.8 Å². The summed E-state index contributed by atoms with van der Waals surface area (Å²) in [4.78, 5) is 2.40. The second kappa shape index (κ2) is 7.65. The lowest BCUT2D eigenvalue weighted by atomic mass is 9.98. The Bertz CT molecular complexity index is 432. The summed E-state index contributed by atoms with van der Waals surface area (Å²) in [6.07, 6.45) is 2.13. The first-order valence-electron chi connectivity index (χ1n) is 7.16. The molecule has 1 unspecified atom stereocenters. The van der Waals surface area contributed by atoms with Gasteiger partial charge in [0.25, 0.3) is 0 Å². The average Bonchev–Trinajstić information content (AvgIpc) is 2.43. The number of hydrogen-bond acceptors (Lipinski definition) is 2. The Morgan fingerprint density at radius 2 is 1.95 bits per heavy atom. The van der Waals surface area contributed by atoms with Crippen LogP contribution in [-0.2, 0) is 0 Å². The van der Waals surface area contributed by atoms with Crippen LogP contribution in [0, 0.1) is 0 Å². The molecule has 0 aliphatic carbocycles. The Labute approximate surface area is 133 Å². The molecule has 0 saturated carbocycles. The minimum atomic E-state index is 0.219. The molecule has 0 heterocycles. The van der Waals surface area contributed by atoms with E-state index >= 15 is 0 Å². The predicted molar refractivity (Wildman–Crippen MR) is 89.9 cm³/mol. The highest BCUT2D eigenvalue weighted by Crippen LogP contribution is 2.31. The normalized spacial score (nSPS) is 13.8. The minimum Gasteiger partial charge on any atom is -0.313 e. The molecule has 0 radical (unpaired) electrons. The molecule has 0 aliphatic heterocycles. The molecular formula is C16H26Cl2N2. The first-order valence-corrected chi connectivity index (χ1v) is 7.91. The highest BCUT2D eigenvalue weighted by molar-refractivity contribution is 6.42. The molecule has 1 atom stereocenters. The molecule has 1 rings (SSSR count). The van der Waals surface area contributed by atoms with E-state index in [1.165, 1.54) is 0 Å². The van der Waals surface area contributed by atoms with Crippen molar-refractivity contribution in [2.45, 2.75) is 45.2 Å². The fraction of sp³-hybridized carbons (Fsp3) is 0.625. The van der Waals surface area contributed by atoms with Gasteiger partial charge in [-0.15, -0.1) is 0 Å². The third kappa shape index (κ3) is 4.36. The van der Waals surface area contributed by atoms with E-state index in [0.717, 1.165) is 24.9 Å². The van der Waals surface area contributed by atoms with E-state index in [2.05, 4.69) is 38.0 Å². The van der Waals surface area contributed by atoms with Crippen molar-refractivity contribution < 1.29 is 0 Å². The number of nitrogens with one attached hydrogen (secondary N) is 1. The summed E-state index contributed by atoms with van der Waals surface area (Å²) in [5.41, 5.74) is 1.29. The number of rotatable bonds is 7. The predicted octanol–water partition coefficient (Wildman–Crippen LogP) is 4.76. The van der Waals surface area contributed by atoms with E-state index in [9.17, 15) is 0 Å². The van der Waals surface area contributed by atoms with Crippen LogP contribution in [0.3, 0.4) is 0 Å². The molecule has 4 heteroatoms. The van der Waals surface area contributed by atoms with Crippen molar-refractivity contribution >= 4 is 23.2 Å². The quantitative estimate of drug-likeness (QED) is 0.779. The molecule has 0 saturated heterocycles. The first kappa shape index (κ1) is 17.8. The molecule has 0 aliphatic rings. The molecule has 114 valence electrons. The maximum Gasteiger partial charge on any atom is 0.0640 e. The van der Waals surface area contributed by atoms with Crippen molar-refractivity contribution in [1.29, 1.82) is 0 Å². The molecule has 0 amide bonds. The third-order valence-corrected chi connectivity index (χ3v) is 5.19. The van der Waals surface area contributed by atoms with Crippen molar-refractivity contribution in [3.63, 3.8) is 0 Å². The van der Waals surface area contributed by atoms with Gasteiger partial charge >= 0.3 is 0 Å². The van der Waals surface area contributed by atoms with E-state index < -0.39 is 0 Å². The molecule has 0 spiro atoms. The van der Waals surface area contributed by atoms with E-state index in [0.29, 0.717) is 10.0 Å². The fourth-order valence-electron chi connectivity index (χ4n) is 2.14. The van der Waals surface area contributed by atoms with Crippen LogP contribution in [0.2, 0.25) is 10.0 Å². The van der Waals surface area contributed by atoms with Gasteiger partial charge in [-0.05, 0) is 52.4 Å². The van der Waals surface area contributed by atoms with Crippen LogP contribution >= 0.6 is 23.2 Å². The maximum atomic E-state index is 6.31. The summed E-state index contributed by atoms with van der Waals surface area (Å²) in [5.74, 6) is 0. The standard InChI is InChI=1S/C16H26Cl2N2/c1-6-16(2,3)20(5)11-10-14(19-4)12-8-7-9-13(17)15(12)18/h7-9,14,19H,6,10-11H2,1-5H3. The smallest absolute Gasteiger partial charge is 0.0640 e. The molecule has 2 nitrogen and oxygen atoms in total. The lowest BCUT2D eigenvalue weighted by Gasteiger charge is -2.35. The molecule has 1 N–H and O–H groups in total. The highest BCUT2D eigenvalue weighted by atomic mass is 35.5. The van der Waals surface area contributed by atoms with Gasteiger partial charge in [-0.2, -0.15) is 0 Å². The van der Waals surface area contributed by atoms with Crippen LogP contribution in [0.4, 0.5) is 0 Å². The van der Waals surface area contributed by atoms with Crippen LogP contribution in [0.25, 0.3) is 0 Å². The van der Waals surface area contributed by atoms with E-state index in [1.54, 1.807) is 0 Å². The van der Waals surface area contributed by atoms with Crippen molar-refractivity contribution in [2.24, 2.45) is 0 Å². The SMILES string of the molecule is CCC(C)(C)N(C)CCC(NC)c1cccc(Cl)c1Cl. The molecule has 1 aromatic carbocycles. The van der Waals surface area contributed by atoms with E-state index in [4.69, 9.17) is 23.2 Å². The lowest BCUT2D eigenvalue weighted by Crippen LogP contribution is -2.41. The van der Waals surface area contributed by atoms with Crippen LogP contribution in [0.1, 0.15) is 45.2 Å².